The molecule has 9 heteroatoms. The number of anilines is 1. The third-order valence-corrected chi connectivity index (χ3v) is 5.48. The number of nitrogens with one attached hydrogen (secondary N) is 1. The number of nitrogens with zero attached hydrogens (tertiary/aromatic N) is 4. The van der Waals surface area contributed by atoms with Crippen molar-refractivity contribution < 1.29 is 13.2 Å². The molecule has 0 aliphatic rings. The minimum Gasteiger partial charge on any atom is -0.311 e. The molecule has 28 heavy (non-hydrogen) atoms. The molecule has 0 aliphatic carbocycles. The number of rotatable bonds is 6. The molecule has 3 aromatic heterocycles. The van der Waals surface area contributed by atoms with Gasteiger partial charge in [0.2, 0.25) is 5.91 Å². The summed E-state index contributed by atoms with van der Waals surface area (Å²) in [5.74, 6) is -0.102. The number of amides is 1. The summed E-state index contributed by atoms with van der Waals surface area (Å²) in [4.78, 5) is 27.1. The summed E-state index contributed by atoms with van der Waals surface area (Å²) >= 11 is 0. The number of hydrogen-bond donors (Lipinski definition) is 1. The number of carbonyl (C=O) groups excluding carboxylic acids is 1. The van der Waals surface area contributed by atoms with Gasteiger partial charge in [-0.25, -0.2) is 23.4 Å². The van der Waals surface area contributed by atoms with Crippen LogP contribution in [0.3, 0.4) is 0 Å². The lowest BCUT2D eigenvalue weighted by Crippen LogP contribution is -2.08. The first-order valence-corrected chi connectivity index (χ1v) is 9.87. The van der Waals surface area contributed by atoms with E-state index < -0.39 is 9.84 Å². The Hall–Kier alpha value is -3.46. The highest BCUT2D eigenvalue weighted by atomic mass is 32.2. The third-order valence-electron chi connectivity index (χ3n) is 3.79. The first-order chi connectivity index (χ1) is 13.4. The van der Waals surface area contributed by atoms with E-state index in [1.807, 2.05) is 0 Å². The van der Waals surface area contributed by atoms with Gasteiger partial charge in [-0.05, 0) is 42.1 Å². The van der Waals surface area contributed by atoms with Crippen LogP contribution < -0.4 is 5.32 Å². The molecule has 0 saturated carbocycles. The van der Waals surface area contributed by atoms with Crippen molar-refractivity contribution in [3.8, 4) is 11.1 Å². The van der Waals surface area contributed by atoms with Crippen molar-refractivity contribution >= 4 is 34.1 Å². The van der Waals surface area contributed by atoms with Gasteiger partial charge >= 0.3 is 0 Å². The predicted octanol–water partition coefficient (Wildman–Crippen LogP) is 2.80. The maximum atomic E-state index is 13.0. The molecule has 0 aliphatic heterocycles. The fourth-order valence-corrected chi connectivity index (χ4v) is 4.05. The van der Waals surface area contributed by atoms with Crippen molar-refractivity contribution in [1.82, 2.24) is 15.0 Å². The minimum atomic E-state index is -3.74. The molecule has 8 nitrogen and oxygen atoms in total. The van der Waals surface area contributed by atoms with Crippen molar-refractivity contribution in [3.63, 3.8) is 0 Å². The fraction of sp³-hybridized carbons (Fsp3) is 0.105. The Labute approximate surface area is 162 Å². The molecule has 0 bridgehead atoms. The molecule has 1 amide bonds. The van der Waals surface area contributed by atoms with Gasteiger partial charge in [-0.1, -0.05) is 6.07 Å². The summed E-state index contributed by atoms with van der Waals surface area (Å²) in [6, 6.07) is 8.19. The smallest absolute Gasteiger partial charge is 0.222 e. The van der Waals surface area contributed by atoms with Crippen molar-refractivity contribution in [1.29, 1.82) is 0 Å². The minimum absolute atomic E-state index is 0.0262. The van der Waals surface area contributed by atoms with Crippen LogP contribution in [0.15, 0.2) is 65.0 Å². The molecule has 0 saturated heterocycles. The molecule has 1 N–H and O–H groups in total. The largest absolute Gasteiger partial charge is 0.311 e. The van der Waals surface area contributed by atoms with E-state index >= 15 is 0 Å². The summed E-state index contributed by atoms with van der Waals surface area (Å²) in [5, 5.41) is 2.59. The monoisotopic (exact) mass is 395 g/mol. The molecular weight excluding hydrogens is 378 g/mol. The van der Waals surface area contributed by atoms with Gasteiger partial charge in [0.25, 0.3) is 0 Å². The number of pyridine rings is 3. The van der Waals surface area contributed by atoms with Crippen LogP contribution >= 0.6 is 0 Å². The lowest BCUT2D eigenvalue weighted by molar-refractivity contribution is -0.114. The molecule has 3 heterocycles. The van der Waals surface area contributed by atoms with Crippen LogP contribution in [0.1, 0.15) is 12.5 Å². The summed E-state index contributed by atoms with van der Waals surface area (Å²) in [6.07, 6.45) is 6.09. The number of aromatic nitrogens is 3. The quantitative estimate of drug-likeness (QED) is 0.642. The van der Waals surface area contributed by atoms with Gasteiger partial charge in [-0.3, -0.25) is 9.78 Å². The summed E-state index contributed by atoms with van der Waals surface area (Å²) in [7, 11) is -3.74. The summed E-state index contributed by atoms with van der Waals surface area (Å²) < 4.78 is 25.9. The Balaban J connectivity index is 2.03. The zero-order chi connectivity index (χ0) is 20.1. The predicted molar refractivity (Wildman–Crippen MR) is 106 cm³/mol. The standard InChI is InChI=1S/C19H17N5O3S/c1-13(25)24-18-9-15(5-7-22-18)16-8-17(19(20-2)23-11-16)28(26,27)12-14-4-3-6-21-10-14/h3-11H,2,12H2,1H3,(H,22,24,25). The van der Waals surface area contributed by atoms with E-state index in [1.54, 1.807) is 30.5 Å². The number of aliphatic imine (C=N–C) groups is 1. The van der Waals surface area contributed by atoms with Crippen molar-refractivity contribution in [2.75, 3.05) is 5.32 Å². The highest BCUT2D eigenvalue weighted by molar-refractivity contribution is 7.90. The van der Waals surface area contributed by atoms with Gasteiger partial charge in [-0.15, -0.1) is 0 Å². The summed E-state index contributed by atoms with van der Waals surface area (Å²) in [5.41, 5.74) is 1.76. The van der Waals surface area contributed by atoms with Gasteiger partial charge in [0, 0.05) is 37.3 Å². The van der Waals surface area contributed by atoms with E-state index in [0.29, 0.717) is 22.5 Å². The van der Waals surface area contributed by atoms with Crippen LogP contribution in [-0.2, 0) is 20.4 Å². The van der Waals surface area contributed by atoms with Gasteiger partial charge in [0.05, 0.1) is 5.75 Å². The number of hydrogen-bond acceptors (Lipinski definition) is 7. The van der Waals surface area contributed by atoms with E-state index in [4.69, 9.17) is 0 Å². The van der Waals surface area contributed by atoms with Gasteiger partial charge in [-0.2, -0.15) is 0 Å². The number of carbonyl (C=O) groups is 1. The molecule has 0 fully saturated rings. The molecule has 3 aromatic rings. The molecule has 0 atom stereocenters. The van der Waals surface area contributed by atoms with Crippen LogP contribution in [0.5, 0.6) is 0 Å². The lowest BCUT2D eigenvalue weighted by Gasteiger charge is -2.10. The maximum absolute atomic E-state index is 13.0. The van der Waals surface area contributed by atoms with E-state index in [2.05, 4.69) is 32.0 Å². The first kappa shape index (κ1) is 19.3. The van der Waals surface area contributed by atoms with Crippen LogP contribution in [0.25, 0.3) is 11.1 Å². The zero-order valence-corrected chi connectivity index (χ0v) is 15.8. The topological polar surface area (TPSA) is 114 Å². The molecular formula is C19H17N5O3S. The highest BCUT2D eigenvalue weighted by Crippen LogP contribution is 2.30. The Morgan fingerprint density at radius 3 is 2.64 bits per heavy atom. The van der Waals surface area contributed by atoms with Crippen LogP contribution in [0, 0.1) is 0 Å². The molecule has 0 unspecified atom stereocenters. The lowest BCUT2D eigenvalue weighted by atomic mass is 10.1. The Bertz CT molecular complexity index is 1130. The summed E-state index contributed by atoms with van der Waals surface area (Å²) in [6.45, 7) is 4.79. The van der Waals surface area contributed by atoms with Crippen LogP contribution in [0.4, 0.5) is 11.6 Å². The van der Waals surface area contributed by atoms with Crippen molar-refractivity contribution in [2.24, 2.45) is 4.99 Å². The second-order valence-corrected chi connectivity index (χ2v) is 7.89. The molecule has 3 rings (SSSR count). The Morgan fingerprint density at radius 1 is 1.14 bits per heavy atom. The van der Waals surface area contributed by atoms with Gasteiger partial charge in [0.15, 0.2) is 15.7 Å². The number of sulfone groups is 1. The molecule has 0 aromatic carbocycles. The Morgan fingerprint density at radius 2 is 1.96 bits per heavy atom. The average Bonchev–Trinajstić information content (AvgIpc) is 2.67. The zero-order valence-electron chi connectivity index (χ0n) is 15.0. The van der Waals surface area contributed by atoms with E-state index in [-0.39, 0.29) is 22.4 Å². The van der Waals surface area contributed by atoms with Crippen LogP contribution in [0.2, 0.25) is 0 Å². The maximum Gasteiger partial charge on any atom is 0.222 e. The third kappa shape index (κ3) is 4.44. The highest BCUT2D eigenvalue weighted by Gasteiger charge is 2.21. The van der Waals surface area contributed by atoms with Crippen LogP contribution in [-0.4, -0.2) is 36.0 Å². The first-order valence-electron chi connectivity index (χ1n) is 8.21. The van der Waals surface area contributed by atoms with Gasteiger partial charge in [0.1, 0.15) is 10.7 Å². The average molecular weight is 395 g/mol. The SMILES string of the molecule is C=Nc1ncc(-c2ccnc(NC(C)=O)c2)cc1S(=O)(=O)Cc1cccnc1. The van der Waals surface area contributed by atoms with Crippen molar-refractivity contribution in [3.05, 3.63) is 60.7 Å². The Kier molecular flexibility index (Phi) is 5.55. The second-order valence-electron chi connectivity index (χ2n) is 5.94. The van der Waals surface area contributed by atoms with E-state index in [0.717, 1.165) is 0 Å². The fourth-order valence-electron chi connectivity index (χ4n) is 2.58. The second kappa shape index (κ2) is 8.05. The van der Waals surface area contributed by atoms with E-state index in [9.17, 15) is 13.2 Å². The molecule has 0 spiro atoms. The van der Waals surface area contributed by atoms with Crippen molar-refractivity contribution in [2.45, 2.75) is 17.6 Å². The van der Waals surface area contributed by atoms with Gasteiger partial charge < -0.3 is 5.32 Å². The van der Waals surface area contributed by atoms with E-state index in [1.165, 1.54) is 31.6 Å². The molecule has 142 valence electrons. The molecule has 0 radical (unpaired) electrons. The normalized spacial score (nSPS) is 11.0.